The fourth-order valence-electron chi connectivity index (χ4n) is 2.92. The van der Waals surface area contributed by atoms with Crippen LogP contribution in [0.5, 0.6) is 0 Å². The number of aliphatic hydroxyl groups is 1. The van der Waals surface area contributed by atoms with Gasteiger partial charge in [0, 0.05) is 49.4 Å². The van der Waals surface area contributed by atoms with Gasteiger partial charge in [-0.1, -0.05) is 0 Å². The molecule has 2 heterocycles. The molecule has 1 aromatic heterocycles. The van der Waals surface area contributed by atoms with E-state index in [1.807, 2.05) is 42.4 Å². The highest BCUT2D eigenvalue weighted by Crippen LogP contribution is 2.21. The number of nitrogens with zero attached hydrogens (tertiary/aromatic N) is 2. The van der Waals surface area contributed by atoms with Crippen LogP contribution >= 0.6 is 0 Å². The molecule has 1 aliphatic rings. The van der Waals surface area contributed by atoms with Crippen LogP contribution in [-0.4, -0.2) is 40.2 Å². The first-order valence-electron chi connectivity index (χ1n) is 7.14. The Labute approximate surface area is 118 Å². The number of aromatic nitrogens is 1. The minimum atomic E-state index is 0.104. The predicted octanol–water partition coefficient (Wildman–Crippen LogP) is 2.02. The van der Waals surface area contributed by atoms with E-state index in [1.54, 1.807) is 0 Å². The third-order valence-electron chi connectivity index (χ3n) is 4.29. The zero-order valence-corrected chi connectivity index (χ0v) is 11.7. The van der Waals surface area contributed by atoms with Crippen LogP contribution < -0.4 is 0 Å². The summed E-state index contributed by atoms with van der Waals surface area (Å²) in [5, 5.41) is 10.2. The van der Waals surface area contributed by atoms with Crippen molar-refractivity contribution in [2.75, 3.05) is 19.7 Å². The van der Waals surface area contributed by atoms with E-state index in [-0.39, 0.29) is 12.5 Å². The van der Waals surface area contributed by atoms with E-state index in [0.29, 0.717) is 5.92 Å². The molecule has 1 N–H and O–H groups in total. The number of hydrogen-bond donors (Lipinski definition) is 1. The van der Waals surface area contributed by atoms with Crippen LogP contribution in [0.3, 0.4) is 0 Å². The summed E-state index contributed by atoms with van der Waals surface area (Å²) in [6.07, 6.45) is 3.80. The maximum atomic E-state index is 12.5. The van der Waals surface area contributed by atoms with Crippen molar-refractivity contribution < 1.29 is 9.90 Å². The minimum absolute atomic E-state index is 0.104. The number of piperidine rings is 1. The fraction of sp³-hybridized carbons (Fsp3) is 0.438. The van der Waals surface area contributed by atoms with Gasteiger partial charge in [0.2, 0.25) is 0 Å². The molecule has 0 spiro atoms. The van der Waals surface area contributed by atoms with Crippen LogP contribution in [0.4, 0.5) is 0 Å². The van der Waals surface area contributed by atoms with Gasteiger partial charge in [-0.2, -0.15) is 0 Å². The molecule has 0 unspecified atom stereocenters. The summed E-state index contributed by atoms with van der Waals surface area (Å²) in [7, 11) is 2.00. The maximum absolute atomic E-state index is 12.5. The Bertz CT molecular complexity index is 624. The number of aryl methyl sites for hydroxylation is 1. The lowest BCUT2D eigenvalue weighted by molar-refractivity contribution is 0.0651. The highest BCUT2D eigenvalue weighted by Gasteiger charge is 2.23. The number of carbonyl (C=O) groups is 1. The maximum Gasteiger partial charge on any atom is 0.253 e. The van der Waals surface area contributed by atoms with E-state index >= 15 is 0 Å². The largest absolute Gasteiger partial charge is 0.396 e. The predicted molar refractivity (Wildman–Crippen MR) is 78.6 cm³/mol. The quantitative estimate of drug-likeness (QED) is 0.909. The summed E-state index contributed by atoms with van der Waals surface area (Å²) in [5.41, 5.74) is 1.90. The van der Waals surface area contributed by atoms with Crippen molar-refractivity contribution in [1.29, 1.82) is 0 Å². The lowest BCUT2D eigenvalue weighted by Crippen LogP contribution is -2.39. The summed E-state index contributed by atoms with van der Waals surface area (Å²) in [6.45, 7) is 1.73. The van der Waals surface area contributed by atoms with E-state index in [2.05, 4.69) is 4.57 Å². The second kappa shape index (κ2) is 5.29. The highest BCUT2D eigenvalue weighted by atomic mass is 16.3. The summed E-state index contributed by atoms with van der Waals surface area (Å²) in [6, 6.07) is 7.91. The van der Waals surface area contributed by atoms with Crippen molar-refractivity contribution >= 4 is 16.8 Å². The van der Waals surface area contributed by atoms with Gasteiger partial charge in [-0.05, 0) is 43.0 Å². The molecule has 3 rings (SSSR count). The zero-order chi connectivity index (χ0) is 14.1. The van der Waals surface area contributed by atoms with Gasteiger partial charge in [0.25, 0.3) is 5.91 Å². The molecule has 0 aliphatic carbocycles. The SMILES string of the molecule is Cn1ccc2cc(C(=O)N3CCC(CO)CC3)ccc21. The van der Waals surface area contributed by atoms with Crippen molar-refractivity contribution in [3.8, 4) is 0 Å². The molecule has 4 heteroatoms. The Kier molecular flexibility index (Phi) is 3.49. The van der Waals surface area contributed by atoms with E-state index in [9.17, 15) is 4.79 Å². The van der Waals surface area contributed by atoms with Gasteiger partial charge in [-0.25, -0.2) is 0 Å². The third-order valence-corrected chi connectivity index (χ3v) is 4.29. The van der Waals surface area contributed by atoms with Crippen LogP contribution in [0.15, 0.2) is 30.5 Å². The van der Waals surface area contributed by atoms with Gasteiger partial charge in [-0.3, -0.25) is 4.79 Å². The molecule has 1 fully saturated rings. The fourth-order valence-corrected chi connectivity index (χ4v) is 2.92. The van der Waals surface area contributed by atoms with Crippen molar-refractivity contribution in [1.82, 2.24) is 9.47 Å². The third kappa shape index (κ3) is 2.31. The van der Waals surface area contributed by atoms with Crippen LogP contribution in [0.2, 0.25) is 0 Å². The number of likely N-dealkylation sites (tertiary alicyclic amines) is 1. The molecule has 1 aliphatic heterocycles. The summed E-state index contributed by atoms with van der Waals surface area (Å²) in [4.78, 5) is 14.4. The topological polar surface area (TPSA) is 45.5 Å². The van der Waals surface area contributed by atoms with Gasteiger partial charge in [-0.15, -0.1) is 0 Å². The lowest BCUT2D eigenvalue weighted by atomic mass is 9.97. The van der Waals surface area contributed by atoms with Crippen molar-refractivity contribution in [3.05, 3.63) is 36.0 Å². The van der Waals surface area contributed by atoms with E-state index in [0.717, 1.165) is 42.4 Å². The smallest absolute Gasteiger partial charge is 0.253 e. The molecule has 4 nitrogen and oxygen atoms in total. The molecule has 1 saturated heterocycles. The van der Waals surface area contributed by atoms with Crippen LogP contribution in [0, 0.1) is 5.92 Å². The van der Waals surface area contributed by atoms with Gasteiger partial charge in [0.05, 0.1) is 0 Å². The number of aliphatic hydroxyl groups excluding tert-OH is 1. The molecule has 106 valence electrons. The van der Waals surface area contributed by atoms with Crippen LogP contribution in [0.25, 0.3) is 10.9 Å². The molecule has 2 aromatic rings. The zero-order valence-electron chi connectivity index (χ0n) is 11.7. The second-order valence-corrected chi connectivity index (χ2v) is 5.62. The first-order valence-corrected chi connectivity index (χ1v) is 7.14. The summed E-state index contributed by atoms with van der Waals surface area (Å²) >= 11 is 0. The number of fused-ring (bicyclic) bond motifs is 1. The lowest BCUT2D eigenvalue weighted by Gasteiger charge is -2.31. The van der Waals surface area contributed by atoms with E-state index < -0.39 is 0 Å². The van der Waals surface area contributed by atoms with Gasteiger partial charge in [0.15, 0.2) is 0 Å². The van der Waals surface area contributed by atoms with Crippen molar-refractivity contribution in [2.45, 2.75) is 12.8 Å². The molecular weight excluding hydrogens is 252 g/mol. The second-order valence-electron chi connectivity index (χ2n) is 5.62. The van der Waals surface area contributed by atoms with Gasteiger partial charge >= 0.3 is 0 Å². The summed E-state index contributed by atoms with van der Waals surface area (Å²) in [5.74, 6) is 0.461. The Morgan fingerprint density at radius 3 is 2.75 bits per heavy atom. The first kappa shape index (κ1) is 13.2. The minimum Gasteiger partial charge on any atom is -0.396 e. The molecule has 20 heavy (non-hydrogen) atoms. The number of carbonyl (C=O) groups excluding carboxylic acids is 1. The first-order chi connectivity index (χ1) is 9.69. The number of amides is 1. The summed E-state index contributed by atoms with van der Waals surface area (Å²) < 4.78 is 2.05. The van der Waals surface area contributed by atoms with E-state index in [4.69, 9.17) is 5.11 Å². The van der Waals surface area contributed by atoms with Gasteiger partial charge in [0.1, 0.15) is 0 Å². The molecule has 0 saturated carbocycles. The van der Waals surface area contributed by atoms with E-state index in [1.165, 1.54) is 0 Å². The number of rotatable bonds is 2. The average molecular weight is 272 g/mol. The highest BCUT2D eigenvalue weighted by molar-refractivity contribution is 5.98. The average Bonchev–Trinajstić information content (AvgIpc) is 2.87. The molecule has 0 bridgehead atoms. The van der Waals surface area contributed by atoms with Crippen molar-refractivity contribution in [2.24, 2.45) is 13.0 Å². The van der Waals surface area contributed by atoms with Crippen LogP contribution in [0.1, 0.15) is 23.2 Å². The Morgan fingerprint density at radius 1 is 1.30 bits per heavy atom. The monoisotopic (exact) mass is 272 g/mol. The molecule has 1 aromatic carbocycles. The molecular formula is C16H20N2O2. The molecule has 0 radical (unpaired) electrons. The van der Waals surface area contributed by atoms with Crippen molar-refractivity contribution in [3.63, 3.8) is 0 Å². The Hall–Kier alpha value is -1.81. The van der Waals surface area contributed by atoms with Crippen LogP contribution in [-0.2, 0) is 7.05 Å². The number of benzene rings is 1. The Balaban J connectivity index is 1.78. The number of hydrogen-bond acceptors (Lipinski definition) is 2. The standard InChI is InChI=1S/C16H20N2O2/c1-17-7-6-13-10-14(2-3-15(13)17)16(20)18-8-4-12(11-19)5-9-18/h2-3,6-7,10,12,19H,4-5,8-9,11H2,1H3. The Morgan fingerprint density at radius 2 is 2.05 bits per heavy atom. The molecule has 0 atom stereocenters. The molecule has 1 amide bonds. The van der Waals surface area contributed by atoms with Gasteiger partial charge < -0.3 is 14.6 Å². The normalized spacial score (nSPS) is 16.8.